The van der Waals surface area contributed by atoms with Crippen molar-refractivity contribution in [3.8, 4) is 0 Å². The molecule has 0 aromatic rings. The Balaban J connectivity index is 4.70. The summed E-state index contributed by atoms with van der Waals surface area (Å²) in [5.74, 6) is -2.92. The van der Waals surface area contributed by atoms with Crippen LogP contribution in [-0.2, 0) is 19.7 Å². The molecule has 0 bridgehead atoms. The van der Waals surface area contributed by atoms with Crippen LogP contribution in [0.5, 0.6) is 0 Å². The van der Waals surface area contributed by atoms with Gasteiger partial charge in [0.1, 0.15) is 0 Å². The van der Waals surface area contributed by atoms with Crippen LogP contribution in [0, 0.1) is 0 Å². The quantitative estimate of drug-likeness (QED) is 0.455. The second-order valence-corrected chi connectivity index (χ2v) is 3.60. The van der Waals surface area contributed by atoms with E-state index in [9.17, 15) is 18.0 Å². The summed E-state index contributed by atoms with van der Waals surface area (Å²) >= 11 is 0. The molecular weight excluding hydrogens is 190 g/mol. The maximum atomic E-state index is 10.3. The summed E-state index contributed by atoms with van der Waals surface area (Å²) in [6.45, 7) is 0. The van der Waals surface area contributed by atoms with Crippen molar-refractivity contribution in [1.82, 2.24) is 0 Å². The van der Waals surface area contributed by atoms with Crippen molar-refractivity contribution in [3.63, 3.8) is 0 Å². The van der Waals surface area contributed by atoms with Crippen molar-refractivity contribution >= 4 is 22.0 Å². The first-order chi connectivity index (χ1) is 5.25. The summed E-state index contributed by atoms with van der Waals surface area (Å²) in [6, 6.07) is 0. The normalized spacial score (nSPS) is 13.8. The molecule has 0 rings (SSSR count). The van der Waals surface area contributed by atoms with Gasteiger partial charge in [0.05, 0.1) is 6.42 Å². The molecule has 0 spiro atoms. The number of aliphatic carboxylic acids is 1. The van der Waals surface area contributed by atoms with Gasteiger partial charge >= 0.3 is 5.97 Å². The number of rotatable bonds is 4. The minimum Gasteiger partial charge on any atom is -0.481 e. The van der Waals surface area contributed by atoms with E-state index >= 15 is 0 Å². The third-order valence-electron chi connectivity index (χ3n) is 1.04. The number of nitrogens with two attached hydrogens (primary N) is 1. The van der Waals surface area contributed by atoms with Crippen LogP contribution in [0.1, 0.15) is 6.42 Å². The molecule has 0 radical (unpaired) electrons. The maximum absolute atomic E-state index is 10.3. The van der Waals surface area contributed by atoms with Crippen LogP contribution in [-0.4, -0.2) is 35.2 Å². The fraction of sp³-hybridized carbons (Fsp3) is 0.500. The lowest BCUT2D eigenvalue weighted by molar-refractivity contribution is -0.138. The highest BCUT2D eigenvalue weighted by molar-refractivity contribution is 7.87. The highest BCUT2D eigenvalue weighted by atomic mass is 32.2. The van der Waals surface area contributed by atoms with E-state index in [4.69, 9.17) is 9.66 Å². The number of carbonyl (C=O) groups excluding carboxylic acids is 1. The third kappa shape index (κ3) is 3.30. The van der Waals surface area contributed by atoms with Gasteiger partial charge in [0.15, 0.2) is 5.25 Å². The smallest absolute Gasteiger partial charge is 0.305 e. The van der Waals surface area contributed by atoms with Gasteiger partial charge in [-0.05, 0) is 0 Å². The maximum Gasteiger partial charge on any atom is 0.305 e. The SMILES string of the molecule is NC(=O)C(CC(=O)O)S(=O)(=O)O. The lowest BCUT2D eigenvalue weighted by Gasteiger charge is -2.05. The molecule has 1 unspecified atom stereocenters. The second-order valence-electron chi connectivity index (χ2n) is 2.00. The third-order valence-corrected chi connectivity index (χ3v) is 2.15. The molecule has 12 heavy (non-hydrogen) atoms. The van der Waals surface area contributed by atoms with Gasteiger partial charge in [-0.1, -0.05) is 0 Å². The standard InChI is InChI=1S/C4H7NO6S/c5-4(8)2(1-3(6)7)12(9,10)11/h2H,1H2,(H2,5,8)(H,6,7)(H,9,10,11). The molecule has 0 aromatic carbocycles. The lowest BCUT2D eigenvalue weighted by Crippen LogP contribution is -2.37. The van der Waals surface area contributed by atoms with Crippen molar-refractivity contribution < 1.29 is 27.7 Å². The Morgan fingerprint density at radius 3 is 1.92 bits per heavy atom. The molecule has 0 aromatic heterocycles. The Hall–Kier alpha value is -1.15. The fourth-order valence-electron chi connectivity index (χ4n) is 0.511. The van der Waals surface area contributed by atoms with Gasteiger partial charge in [-0.15, -0.1) is 0 Å². The molecule has 0 aliphatic carbocycles. The van der Waals surface area contributed by atoms with Gasteiger partial charge in [0.25, 0.3) is 10.1 Å². The Labute approximate surface area is 67.9 Å². The Morgan fingerprint density at radius 1 is 1.42 bits per heavy atom. The van der Waals surface area contributed by atoms with Crippen molar-refractivity contribution in [2.24, 2.45) is 5.73 Å². The molecule has 0 fully saturated rings. The van der Waals surface area contributed by atoms with E-state index in [-0.39, 0.29) is 0 Å². The van der Waals surface area contributed by atoms with Crippen molar-refractivity contribution in [1.29, 1.82) is 0 Å². The van der Waals surface area contributed by atoms with E-state index in [1.165, 1.54) is 0 Å². The molecule has 1 atom stereocenters. The van der Waals surface area contributed by atoms with Gasteiger partial charge < -0.3 is 10.8 Å². The van der Waals surface area contributed by atoms with Crippen LogP contribution < -0.4 is 5.73 Å². The molecule has 0 aliphatic heterocycles. The summed E-state index contributed by atoms with van der Waals surface area (Å²) in [6.07, 6.45) is -1.03. The predicted molar refractivity (Wildman–Crippen MR) is 36.8 cm³/mol. The Kier molecular flexibility index (Phi) is 3.16. The van der Waals surface area contributed by atoms with Gasteiger partial charge in [0.2, 0.25) is 5.91 Å². The molecule has 0 aliphatic rings. The average molecular weight is 197 g/mol. The van der Waals surface area contributed by atoms with E-state index < -0.39 is 33.7 Å². The van der Waals surface area contributed by atoms with Crippen LogP contribution in [0.4, 0.5) is 0 Å². The zero-order valence-corrected chi connectivity index (χ0v) is 6.61. The van der Waals surface area contributed by atoms with Gasteiger partial charge in [-0.3, -0.25) is 14.1 Å². The fourth-order valence-corrected chi connectivity index (χ4v) is 1.16. The highest BCUT2D eigenvalue weighted by Gasteiger charge is 2.31. The van der Waals surface area contributed by atoms with Crippen LogP contribution in [0.25, 0.3) is 0 Å². The molecule has 0 saturated carbocycles. The number of carboxylic acid groups (broad SMARTS) is 1. The van der Waals surface area contributed by atoms with Gasteiger partial charge in [0, 0.05) is 0 Å². The summed E-state index contributed by atoms with van der Waals surface area (Å²) in [5.41, 5.74) is 4.53. The highest BCUT2D eigenvalue weighted by Crippen LogP contribution is 2.03. The molecule has 7 nitrogen and oxygen atoms in total. The van der Waals surface area contributed by atoms with Gasteiger partial charge in [-0.2, -0.15) is 8.42 Å². The van der Waals surface area contributed by atoms with E-state index in [2.05, 4.69) is 5.73 Å². The molecule has 0 heterocycles. The minimum atomic E-state index is -4.71. The van der Waals surface area contributed by atoms with E-state index in [1.807, 2.05) is 0 Å². The monoisotopic (exact) mass is 197 g/mol. The number of hydrogen-bond acceptors (Lipinski definition) is 4. The number of carboxylic acids is 1. The summed E-state index contributed by atoms with van der Waals surface area (Å²) in [4.78, 5) is 20.3. The zero-order valence-electron chi connectivity index (χ0n) is 5.80. The molecule has 1 amide bonds. The van der Waals surface area contributed by atoms with Crippen LogP contribution in [0.3, 0.4) is 0 Å². The van der Waals surface area contributed by atoms with Crippen molar-refractivity contribution in [3.05, 3.63) is 0 Å². The summed E-state index contributed by atoms with van der Waals surface area (Å²) < 4.78 is 28.9. The van der Waals surface area contributed by atoms with Crippen LogP contribution >= 0.6 is 0 Å². The van der Waals surface area contributed by atoms with Crippen LogP contribution in [0.15, 0.2) is 0 Å². The largest absolute Gasteiger partial charge is 0.481 e. The molecule has 70 valence electrons. The second kappa shape index (κ2) is 3.50. The first-order valence-electron chi connectivity index (χ1n) is 2.72. The number of hydrogen-bond donors (Lipinski definition) is 3. The Morgan fingerprint density at radius 2 is 1.83 bits per heavy atom. The summed E-state index contributed by atoms with van der Waals surface area (Å²) in [7, 11) is -4.71. The number of carbonyl (C=O) groups is 2. The topological polar surface area (TPSA) is 135 Å². The molecule has 4 N–H and O–H groups in total. The molecule has 8 heteroatoms. The van der Waals surface area contributed by atoms with E-state index in [0.29, 0.717) is 0 Å². The zero-order chi connectivity index (χ0) is 9.94. The summed E-state index contributed by atoms with van der Waals surface area (Å²) in [5, 5.41) is 6.04. The van der Waals surface area contributed by atoms with E-state index in [0.717, 1.165) is 0 Å². The average Bonchev–Trinajstić information content (AvgIpc) is 1.79. The van der Waals surface area contributed by atoms with E-state index in [1.54, 1.807) is 0 Å². The molecular formula is C4H7NO6S. The number of primary amides is 1. The minimum absolute atomic E-state index is 1.03. The lowest BCUT2D eigenvalue weighted by atomic mass is 10.3. The Bertz CT molecular complexity index is 293. The van der Waals surface area contributed by atoms with Gasteiger partial charge in [-0.25, -0.2) is 0 Å². The molecule has 0 saturated heterocycles. The first kappa shape index (κ1) is 10.8. The van der Waals surface area contributed by atoms with Crippen LogP contribution in [0.2, 0.25) is 0 Å². The van der Waals surface area contributed by atoms with Crippen molar-refractivity contribution in [2.75, 3.05) is 0 Å². The predicted octanol–water partition coefficient (Wildman–Crippen LogP) is -1.80. The first-order valence-corrected chi connectivity index (χ1v) is 4.23. The number of amides is 1. The van der Waals surface area contributed by atoms with Crippen molar-refractivity contribution in [2.45, 2.75) is 11.7 Å².